The molecule has 1 aromatic heterocycles. The molecular formula is C18H21NO5. The third-order valence-electron chi connectivity index (χ3n) is 3.98. The lowest BCUT2D eigenvalue weighted by Crippen LogP contribution is -2.34. The highest BCUT2D eigenvalue weighted by Crippen LogP contribution is 2.30. The predicted molar refractivity (Wildman–Crippen MR) is 87.4 cm³/mol. The molecular weight excluding hydrogens is 310 g/mol. The van der Waals surface area contributed by atoms with Crippen LogP contribution in [0.1, 0.15) is 21.9 Å². The van der Waals surface area contributed by atoms with E-state index in [1.807, 2.05) is 18.2 Å². The van der Waals surface area contributed by atoms with Gasteiger partial charge in [0, 0.05) is 25.6 Å². The fourth-order valence-corrected chi connectivity index (χ4v) is 2.72. The van der Waals surface area contributed by atoms with Gasteiger partial charge in [-0.15, -0.1) is 0 Å². The summed E-state index contributed by atoms with van der Waals surface area (Å²) < 4.78 is 21.4. The number of carbonyl (C=O) groups is 1. The zero-order chi connectivity index (χ0) is 16.9. The van der Waals surface area contributed by atoms with Gasteiger partial charge in [-0.3, -0.25) is 4.79 Å². The third-order valence-corrected chi connectivity index (χ3v) is 3.98. The minimum absolute atomic E-state index is 0.224. The second kappa shape index (κ2) is 7.40. The normalized spacial score (nSPS) is 16.2. The first-order valence-electron chi connectivity index (χ1n) is 7.85. The predicted octanol–water partition coefficient (Wildman–Crippen LogP) is 2.42. The van der Waals surface area contributed by atoms with E-state index in [1.165, 1.54) is 0 Å². The number of benzene rings is 1. The molecule has 6 heteroatoms. The van der Waals surface area contributed by atoms with Crippen molar-refractivity contribution in [1.82, 2.24) is 5.32 Å². The molecule has 0 saturated heterocycles. The third kappa shape index (κ3) is 3.71. The van der Waals surface area contributed by atoms with Gasteiger partial charge in [0.15, 0.2) is 5.76 Å². The van der Waals surface area contributed by atoms with Crippen LogP contribution in [0.25, 0.3) is 0 Å². The number of hydrogen-bond acceptors (Lipinski definition) is 5. The zero-order valence-electron chi connectivity index (χ0n) is 13.8. The molecule has 1 N–H and O–H groups in total. The van der Waals surface area contributed by atoms with Gasteiger partial charge in [-0.2, -0.15) is 0 Å². The van der Waals surface area contributed by atoms with Crippen molar-refractivity contribution in [2.24, 2.45) is 5.92 Å². The van der Waals surface area contributed by atoms with E-state index in [1.54, 1.807) is 26.4 Å². The van der Waals surface area contributed by atoms with Crippen LogP contribution in [0.4, 0.5) is 0 Å². The largest absolute Gasteiger partial charge is 0.497 e. The Morgan fingerprint density at radius 1 is 1.29 bits per heavy atom. The van der Waals surface area contributed by atoms with Crippen molar-refractivity contribution >= 4 is 5.91 Å². The molecule has 1 aromatic carbocycles. The van der Waals surface area contributed by atoms with E-state index < -0.39 is 0 Å². The maximum absolute atomic E-state index is 12.1. The number of furan rings is 1. The van der Waals surface area contributed by atoms with Gasteiger partial charge in [0.2, 0.25) is 0 Å². The van der Waals surface area contributed by atoms with E-state index in [2.05, 4.69) is 5.32 Å². The van der Waals surface area contributed by atoms with Crippen molar-refractivity contribution in [3.05, 3.63) is 47.4 Å². The lowest BCUT2D eigenvalue weighted by Gasteiger charge is -2.25. The molecule has 1 aliphatic heterocycles. The van der Waals surface area contributed by atoms with Gasteiger partial charge in [0.25, 0.3) is 5.91 Å². The summed E-state index contributed by atoms with van der Waals surface area (Å²) in [6, 6.07) is 9.22. The number of rotatable bonds is 6. The fraction of sp³-hybridized carbons (Fsp3) is 0.389. The van der Waals surface area contributed by atoms with Crippen LogP contribution in [0, 0.1) is 5.92 Å². The first-order valence-corrected chi connectivity index (χ1v) is 7.85. The maximum Gasteiger partial charge on any atom is 0.287 e. The summed E-state index contributed by atoms with van der Waals surface area (Å²) in [6.07, 6.45) is 0.854. The van der Waals surface area contributed by atoms with Crippen LogP contribution in [0.3, 0.4) is 0 Å². The lowest BCUT2D eigenvalue weighted by atomic mass is 9.96. The average Bonchev–Trinajstić information content (AvgIpc) is 3.08. The zero-order valence-corrected chi connectivity index (χ0v) is 13.8. The highest BCUT2D eigenvalue weighted by atomic mass is 16.5. The van der Waals surface area contributed by atoms with Crippen molar-refractivity contribution < 1.29 is 23.4 Å². The number of methoxy groups -OCH3 is 2. The number of amides is 1. The van der Waals surface area contributed by atoms with E-state index in [0.29, 0.717) is 31.3 Å². The van der Waals surface area contributed by atoms with Crippen LogP contribution < -0.4 is 14.8 Å². The molecule has 1 unspecified atom stereocenters. The van der Waals surface area contributed by atoms with Crippen LogP contribution in [-0.4, -0.2) is 33.3 Å². The summed E-state index contributed by atoms with van der Waals surface area (Å²) in [4.78, 5) is 12.1. The molecule has 0 fully saturated rings. The Morgan fingerprint density at radius 2 is 2.17 bits per heavy atom. The summed E-state index contributed by atoms with van der Waals surface area (Å²) >= 11 is 0. The van der Waals surface area contributed by atoms with Crippen LogP contribution >= 0.6 is 0 Å². The average molecular weight is 331 g/mol. The second-order valence-electron chi connectivity index (χ2n) is 5.76. The van der Waals surface area contributed by atoms with E-state index in [-0.39, 0.29) is 11.8 Å². The minimum atomic E-state index is -0.224. The topological polar surface area (TPSA) is 69.9 Å². The van der Waals surface area contributed by atoms with Crippen molar-refractivity contribution in [3.8, 4) is 11.5 Å². The van der Waals surface area contributed by atoms with E-state index >= 15 is 0 Å². The van der Waals surface area contributed by atoms with Crippen molar-refractivity contribution in [2.75, 3.05) is 27.4 Å². The molecule has 3 rings (SSSR count). The summed E-state index contributed by atoms with van der Waals surface area (Å²) in [5, 5.41) is 2.90. The molecule has 0 bridgehead atoms. The molecule has 6 nitrogen and oxygen atoms in total. The Morgan fingerprint density at radius 3 is 2.96 bits per heavy atom. The highest BCUT2D eigenvalue weighted by molar-refractivity contribution is 5.91. The quantitative estimate of drug-likeness (QED) is 0.880. The molecule has 0 saturated carbocycles. The van der Waals surface area contributed by atoms with E-state index in [9.17, 15) is 4.79 Å². The number of hydrogen-bond donors (Lipinski definition) is 1. The van der Waals surface area contributed by atoms with E-state index in [0.717, 1.165) is 23.5 Å². The summed E-state index contributed by atoms with van der Waals surface area (Å²) in [6.45, 7) is 1.45. The minimum Gasteiger partial charge on any atom is -0.497 e. The number of nitrogens with one attached hydrogen (secondary N) is 1. The van der Waals surface area contributed by atoms with Gasteiger partial charge >= 0.3 is 0 Å². The first-order chi connectivity index (χ1) is 11.7. The molecule has 2 heterocycles. The Kier molecular flexibility index (Phi) is 5.05. The van der Waals surface area contributed by atoms with Crippen LogP contribution in [0.15, 0.2) is 34.7 Å². The standard InChI is InChI=1S/C18H21NO5/c1-21-11-15-5-6-16(24-15)18(20)19-9-12-7-13-3-4-14(22-2)8-17(13)23-10-12/h3-6,8,12H,7,9-11H2,1-2H3,(H,19,20). The monoisotopic (exact) mass is 331 g/mol. The molecule has 128 valence electrons. The Labute approximate surface area is 140 Å². The van der Waals surface area contributed by atoms with Crippen molar-refractivity contribution in [1.29, 1.82) is 0 Å². The summed E-state index contributed by atoms with van der Waals surface area (Å²) in [7, 11) is 3.22. The van der Waals surface area contributed by atoms with Crippen molar-refractivity contribution in [2.45, 2.75) is 13.0 Å². The number of carbonyl (C=O) groups excluding carboxylic acids is 1. The van der Waals surface area contributed by atoms with Crippen molar-refractivity contribution in [3.63, 3.8) is 0 Å². The first kappa shape index (κ1) is 16.4. The Hall–Kier alpha value is -2.47. The van der Waals surface area contributed by atoms with Gasteiger partial charge in [-0.05, 0) is 30.2 Å². The van der Waals surface area contributed by atoms with Crippen LogP contribution in [0.5, 0.6) is 11.5 Å². The maximum atomic E-state index is 12.1. The Balaban J connectivity index is 1.54. The molecule has 24 heavy (non-hydrogen) atoms. The second-order valence-corrected chi connectivity index (χ2v) is 5.76. The fourth-order valence-electron chi connectivity index (χ4n) is 2.72. The molecule has 1 atom stereocenters. The van der Waals surface area contributed by atoms with Crippen LogP contribution in [-0.2, 0) is 17.8 Å². The van der Waals surface area contributed by atoms with Gasteiger partial charge in [0.1, 0.15) is 23.9 Å². The molecule has 1 aliphatic rings. The number of ether oxygens (including phenoxy) is 3. The smallest absolute Gasteiger partial charge is 0.287 e. The Bertz CT molecular complexity index is 709. The van der Waals surface area contributed by atoms with Gasteiger partial charge in [0.05, 0.1) is 13.7 Å². The molecule has 1 amide bonds. The summed E-state index contributed by atoms with van der Waals surface area (Å²) in [5.41, 5.74) is 1.13. The SMILES string of the molecule is COCc1ccc(C(=O)NCC2COc3cc(OC)ccc3C2)o1. The van der Waals surface area contributed by atoms with Gasteiger partial charge in [-0.1, -0.05) is 6.07 Å². The summed E-state index contributed by atoms with van der Waals surface area (Å²) in [5.74, 6) is 2.56. The molecule has 2 aromatic rings. The van der Waals surface area contributed by atoms with Crippen LogP contribution in [0.2, 0.25) is 0 Å². The highest BCUT2D eigenvalue weighted by Gasteiger charge is 2.21. The van der Waals surface area contributed by atoms with Gasteiger partial charge < -0.3 is 23.9 Å². The number of fused-ring (bicyclic) bond motifs is 1. The lowest BCUT2D eigenvalue weighted by molar-refractivity contribution is 0.0902. The molecule has 0 radical (unpaired) electrons. The molecule has 0 spiro atoms. The molecule has 0 aliphatic carbocycles. The van der Waals surface area contributed by atoms with Gasteiger partial charge in [-0.25, -0.2) is 0 Å². The van der Waals surface area contributed by atoms with E-state index in [4.69, 9.17) is 18.6 Å².